The van der Waals surface area contributed by atoms with Crippen LogP contribution >= 0.6 is 0 Å². The summed E-state index contributed by atoms with van der Waals surface area (Å²) in [5.74, 6) is -2.29. The first kappa shape index (κ1) is 31.8. The minimum absolute atomic E-state index is 0.0289. The van der Waals surface area contributed by atoms with Crippen LogP contribution in [-0.4, -0.2) is 46.7 Å². The van der Waals surface area contributed by atoms with Gasteiger partial charge in [-0.2, -0.15) is 5.01 Å². The molecule has 10 heteroatoms. The number of esters is 2. The number of hydrazine groups is 1. The summed E-state index contributed by atoms with van der Waals surface area (Å²) in [6, 6.07) is 34.8. The molecule has 0 unspecified atom stereocenters. The van der Waals surface area contributed by atoms with E-state index in [4.69, 9.17) is 18.9 Å². The molecule has 2 amide bonds. The second kappa shape index (κ2) is 15.9. The summed E-state index contributed by atoms with van der Waals surface area (Å²) in [5, 5.41) is 1.90. The molecule has 1 aliphatic heterocycles. The van der Waals surface area contributed by atoms with Gasteiger partial charge in [0.1, 0.15) is 26.4 Å². The van der Waals surface area contributed by atoms with Crippen molar-refractivity contribution < 1.29 is 38.1 Å². The topological polar surface area (TPSA) is 112 Å². The third kappa shape index (κ3) is 8.72. The highest BCUT2D eigenvalue weighted by Crippen LogP contribution is 2.31. The van der Waals surface area contributed by atoms with E-state index < -0.39 is 36.1 Å². The minimum atomic E-state index is -1.37. The first-order valence-corrected chi connectivity index (χ1v) is 14.9. The van der Waals surface area contributed by atoms with Gasteiger partial charge in [0.2, 0.25) is 0 Å². The summed E-state index contributed by atoms with van der Waals surface area (Å²) in [7, 11) is 0. The van der Waals surface area contributed by atoms with E-state index in [0.717, 1.165) is 26.7 Å². The van der Waals surface area contributed by atoms with E-state index in [1.54, 1.807) is 48.5 Å². The largest absolute Gasteiger partial charge is 0.461 e. The zero-order chi connectivity index (χ0) is 32.1. The molecule has 0 bridgehead atoms. The maximum atomic E-state index is 13.7. The van der Waals surface area contributed by atoms with Crippen molar-refractivity contribution in [2.24, 2.45) is 5.92 Å². The van der Waals surface area contributed by atoms with Crippen molar-refractivity contribution >= 4 is 24.1 Å². The van der Waals surface area contributed by atoms with Crippen LogP contribution in [0.25, 0.3) is 0 Å². The average Bonchev–Trinajstić information content (AvgIpc) is 3.48. The molecule has 1 saturated heterocycles. The number of rotatable bonds is 11. The quantitative estimate of drug-likeness (QED) is 0.147. The molecule has 1 aliphatic rings. The van der Waals surface area contributed by atoms with Gasteiger partial charge in [0.25, 0.3) is 0 Å². The monoisotopic (exact) mass is 622 g/mol. The lowest BCUT2D eigenvalue weighted by molar-refractivity contribution is -0.155. The van der Waals surface area contributed by atoms with E-state index in [1.807, 2.05) is 72.8 Å². The van der Waals surface area contributed by atoms with Crippen molar-refractivity contribution in [2.75, 3.05) is 6.54 Å². The van der Waals surface area contributed by atoms with Gasteiger partial charge in [-0.1, -0.05) is 121 Å². The first-order chi connectivity index (χ1) is 22.5. The Hall–Kier alpha value is -5.64. The highest BCUT2D eigenvalue weighted by Gasteiger charge is 2.52. The van der Waals surface area contributed by atoms with Crippen molar-refractivity contribution in [3.8, 4) is 0 Å². The van der Waals surface area contributed by atoms with E-state index in [0.29, 0.717) is 5.56 Å². The lowest BCUT2D eigenvalue weighted by Gasteiger charge is -2.30. The molecule has 0 radical (unpaired) electrons. The second-order valence-corrected chi connectivity index (χ2v) is 10.7. The smallest absolute Gasteiger partial charge is 0.430 e. The van der Waals surface area contributed by atoms with Gasteiger partial charge in [0, 0.05) is 5.92 Å². The maximum Gasteiger partial charge on any atom is 0.430 e. The predicted octanol–water partition coefficient (Wildman–Crippen LogP) is 6.05. The fourth-order valence-electron chi connectivity index (χ4n) is 5.01. The fourth-order valence-corrected chi connectivity index (χ4v) is 5.01. The Morgan fingerprint density at radius 3 is 1.37 bits per heavy atom. The van der Waals surface area contributed by atoms with Gasteiger partial charge in [-0.15, -0.1) is 0 Å². The van der Waals surface area contributed by atoms with Gasteiger partial charge < -0.3 is 18.9 Å². The summed E-state index contributed by atoms with van der Waals surface area (Å²) in [6.45, 7) is -0.428. The summed E-state index contributed by atoms with van der Waals surface area (Å²) >= 11 is 0. The summed E-state index contributed by atoms with van der Waals surface area (Å²) < 4.78 is 22.2. The third-order valence-corrected chi connectivity index (χ3v) is 7.32. The zero-order valence-electron chi connectivity index (χ0n) is 25.1. The Labute approximate surface area is 267 Å². The van der Waals surface area contributed by atoms with Gasteiger partial charge >= 0.3 is 24.1 Å². The number of benzene rings is 4. The van der Waals surface area contributed by atoms with E-state index in [-0.39, 0.29) is 39.4 Å². The van der Waals surface area contributed by atoms with Gasteiger partial charge in [0.05, 0.1) is 13.0 Å². The van der Waals surface area contributed by atoms with Crippen LogP contribution in [0, 0.1) is 5.92 Å². The summed E-state index contributed by atoms with van der Waals surface area (Å²) in [6.07, 6.45) is -2.13. The molecule has 0 saturated carbocycles. The van der Waals surface area contributed by atoms with Crippen LogP contribution in [0.15, 0.2) is 121 Å². The van der Waals surface area contributed by atoms with Crippen LogP contribution in [0.5, 0.6) is 0 Å². The lowest BCUT2D eigenvalue weighted by Crippen LogP contribution is -2.52. The number of carbonyl (C=O) groups excluding carboxylic acids is 4. The van der Waals surface area contributed by atoms with Gasteiger partial charge in [0.15, 0.2) is 6.04 Å². The zero-order valence-corrected chi connectivity index (χ0v) is 25.1. The molecule has 10 nitrogen and oxygen atoms in total. The molecule has 236 valence electrons. The molecule has 0 aliphatic carbocycles. The highest BCUT2D eigenvalue weighted by atomic mass is 16.6. The molecule has 0 N–H and O–H groups in total. The number of ether oxygens (including phenoxy) is 4. The highest BCUT2D eigenvalue weighted by molar-refractivity contribution is 5.85. The van der Waals surface area contributed by atoms with E-state index in [2.05, 4.69) is 0 Å². The van der Waals surface area contributed by atoms with E-state index >= 15 is 0 Å². The van der Waals surface area contributed by atoms with Crippen molar-refractivity contribution in [1.29, 1.82) is 0 Å². The van der Waals surface area contributed by atoms with Crippen LogP contribution in [0.4, 0.5) is 9.59 Å². The maximum absolute atomic E-state index is 13.7. The van der Waals surface area contributed by atoms with Crippen LogP contribution in [0.1, 0.15) is 28.7 Å². The molecule has 5 rings (SSSR count). The number of amides is 2. The summed E-state index contributed by atoms with van der Waals surface area (Å²) in [4.78, 5) is 53.9. The molecule has 46 heavy (non-hydrogen) atoms. The van der Waals surface area contributed by atoms with E-state index in [9.17, 15) is 19.2 Å². The minimum Gasteiger partial charge on any atom is -0.461 e. The Morgan fingerprint density at radius 1 is 0.522 bits per heavy atom. The fraction of sp³-hybridized carbons (Fsp3) is 0.222. The molecule has 2 atom stereocenters. The Morgan fingerprint density at radius 2 is 0.913 bits per heavy atom. The molecule has 0 spiro atoms. The van der Waals surface area contributed by atoms with Crippen LogP contribution in [0.3, 0.4) is 0 Å². The molecule has 1 fully saturated rings. The first-order valence-electron chi connectivity index (χ1n) is 14.9. The number of carbonyl (C=O) groups is 4. The molecule has 4 aromatic carbocycles. The number of hydrogen-bond acceptors (Lipinski definition) is 8. The van der Waals surface area contributed by atoms with Crippen LogP contribution in [-0.2, 0) is 55.0 Å². The normalized spacial score (nSPS) is 15.6. The van der Waals surface area contributed by atoms with Crippen LogP contribution in [0.2, 0.25) is 0 Å². The van der Waals surface area contributed by atoms with E-state index in [1.165, 1.54) is 0 Å². The Balaban J connectivity index is 1.38. The van der Waals surface area contributed by atoms with Crippen molar-refractivity contribution in [2.45, 2.75) is 38.9 Å². The van der Waals surface area contributed by atoms with Crippen molar-refractivity contribution in [3.05, 3.63) is 144 Å². The second-order valence-electron chi connectivity index (χ2n) is 10.7. The Kier molecular flexibility index (Phi) is 11.0. The standard InChI is InChI=1S/C36H34N2O8/c39-32(43-23-27-13-5-1-6-14-27)21-31-22-37(35(41)45-25-29-17-9-3-10-18-29)38(36(42)46-26-30-19-11-4-12-20-30)33(31)34(40)44-24-28-15-7-2-8-16-28/h1-20,31,33H,21-26H2/t31-,33+/m1/s1. The molecule has 0 aromatic heterocycles. The van der Waals surface area contributed by atoms with Gasteiger partial charge in [-0.05, 0) is 22.3 Å². The van der Waals surface area contributed by atoms with Gasteiger partial charge in [-0.25, -0.2) is 19.4 Å². The third-order valence-electron chi connectivity index (χ3n) is 7.32. The van der Waals surface area contributed by atoms with Crippen molar-refractivity contribution in [1.82, 2.24) is 10.0 Å². The molecular formula is C36H34N2O8. The van der Waals surface area contributed by atoms with Crippen molar-refractivity contribution in [3.63, 3.8) is 0 Å². The molecule has 1 heterocycles. The molecule has 4 aromatic rings. The van der Waals surface area contributed by atoms with Gasteiger partial charge in [-0.3, -0.25) is 4.79 Å². The molecular weight excluding hydrogens is 588 g/mol. The SMILES string of the molecule is O=C(C[C@@H]1CN(C(=O)OCc2ccccc2)N(C(=O)OCc2ccccc2)[C@@H]1C(=O)OCc1ccccc1)OCc1ccccc1. The van der Waals surface area contributed by atoms with Crippen LogP contribution < -0.4 is 0 Å². The lowest BCUT2D eigenvalue weighted by atomic mass is 9.97. The predicted molar refractivity (Wildman–Crippen MR) is 166 cm³/mol. The average molecular weight is 623 g/mol. The summed E-state index contributed by atoms with van der Waals surface area (Å²) in [5.41, 5.74) is 2.95. The number of nitrogens with zero attached hydrogens (tertiary/aromatic N) is 2. The Bertz CT molecular complexity index is 1590. The number of hydrogen-bond donors (Lipinski definition) is 0.